The van der Waals surface area contributed by atoms with Crippen LogP contribution in [0.3, 0.4) is 0 Å². The Balaban J connectivity index is 1.88. The zero-order valence-corrected chi connectivity index (χ0v) is 18.6. The fourth-order valence-corrected chi connectivity index (χ4v) is 3.98. The van der Waals surface area contributed by atoms with Crippen molar-refractivity contribution in [2.24, 2.45) is 5.92 Å². The minimum absolute atomic E-state index is 0.0344. The van der Waals surface area contributed by atoms with E-state index in [1.807, 2.05) is 26.1 Å². The Labute approximate surface area is 177 Å². The Kier molecular flexibility index (Phi) is 9.60. The first-order chi connectivity index (χ1) is 13.9. The van der Waals surface area contributed by atoms with E-state index in [9.17, 15) is 9.59 Å². The number of hydrogen-bond acceptors (Lipinski definition) is 6. The van der Waals surface area contributed by atoms with Crippen molar-refractivity contribution >= 4 is 23.6 Å². The quantitative estimate of drug-likeness (QED) is 0.632. The van der Waals surface area contributed by atoms with Crippen molar-refractivity contribution in [1.29, 1.82) is 0 Å². The van der Waals surface area contributed by atoms with Gasteiger partial charge in [0.05, 0.1) is 25.9 Å². The van der Waals surface area contributed by atoms with E-state index < -0.39 is 0 Å². The maximum atomic E-state index is 12.8. The summed E-state index contributed by atoms with van der Waals surface area (Å²) in [6.45, 7) is 3.91. The molecule has 1 aromatic carbocycles. The van der Waals surface area contributed by atoms with Gasteiger partial charge in [-0.2, -0.15) is 11.8 Å². The normalized spacial score (nSPS) is 19.9. The van der Waals surface area contributed by atoms with Crippen LogP contribution in [-0.2, 0) is 16.1 Å². The minimum Gasteiger partial charge on any atom is -0.497 e. The SMILES string of the molecule is CCSCC(=O)N[C@H]1CC[C@@H](C(=O)NCc2cc(OC)cc(OC)c2)CN(C)C1. The number of ether oxygens (including phenoxy) is 2. The number of hydrogen-bond donors (Lipinski definition) is 2. The molecule has 1 fully saturated rings. The van der Waals surface area contributed by atoms with Crippen LogP contribution in [0.15, 0.2) is 18.2 Å². The van der Waals surface area contributed by atoms with Crippen LogP contribution in [0.1, 0.15) is 25.3 Å². The van der Waals surface area contributed by atoms with Crippen LogP contribution < -0.4 is 20.1 Å². The van der Waals surface area contributed by atoms with E-state index in [1.54, 1.807) is 32.0 Å². The van der Waals surface area contributed by atoms with E-state index in [4.69, 9.17) is 9.47 Å². The molecule has 1 saturated heterocycles. The van der Waals surface area contributed by atoms with E-state index in [1.165, 1.54) is 0 Å². The molecule has 7 nitrogen and oxygen atoms in total. The Morgan fingerprint density at radius 2 is 1.83 bits per heavy atom. The van der Waals surface area contributed by atoms with Crippen LogP contribution in [0, 0.1) is 5.92 Å². The van der Waals surface area contributed by atoms with Crippen LogP contribution in [-0.4, -0.2) is 68.6 Å². The largest absolute Gasteiger partial charge is 0.497 e. The van der Waals surface area contributed by atoms with E-state index in [0.717, 1.165) is 30.7 Å². The molecular weight excluding hydrogens is 390 g/mol. The number of thioether (sulfide) groups is 1. The number of rotatable bonds is 9. The van der Waals surface area contributed by atoms with Gasteiger partial charge in [-0.1, -0.05) is 6.92 Å². The van der Waals surface area contributed by atoms with Crippen molar-refractivity contribution in [3.8, 4) is 11.5 Å². The fraction of sp³-hybridized carbons (Fsp3) is 0.619. The lowest BCUT2D eigenvalue weighted by Crippen LogP contribution is -2.42. The van der Waals surface area contributed by atoms with Crippen molar-refractivity contribution in [3.05, 3.63) is 23.8 Å². The smallest absolute Gasteiger partial charge is 0.230 e. The third-order valence-corrected chi connectivity index (χ3v) is 5.85. The molecule has 0 unspecified atom stereocenters. The van der Waals surface area contributed by atoms with Crippen LogP contribution in [0.2, 0.25) is 0 Å². The fourth-order valence-electron chi connectivity index (χ4n) is 3.51. The molecular formula is C21H33N3O4S. The first-order valence-electron chi connectivity index (χ1n) is 10.0. The first-order valence-corrected chi connectivity index (χ1v) is 11.2. The van der Waals surface area contributed by atoms with Crippen molar-refractivity contribution in [1.82, 2.24) is 15.5 Å². The number of methoxy groups -OCH3 is 2. The number of benzene rings is 1. The van der Waals surface area contributed by atoms with Crippen LogP contribution in [0.5, 0.6) is 11.5 Å². The molecule has 0 spiro atoms. The molecule has 1 aliphatic heterocycles. The summed E-state index contributed by atoms with van der Waals surface area (Å²) < 4.78 is 10.6. The van der Waals surface area contributed by atoms with Gasteiger partial charge in [-0.25, -0.2) is 0 Å². The van der Waals surface area contributed by atoms with Gasteiger partial charge in [0.1, 0.15) is 11.5 Å². The summed E-state index contributed by atoms with van der Waals surface area (Å²) in [6.07, 6.45) is 1.56. The molecule has 162 valence electrons. The number of nitrogens with one attached hydrogen (secondary N) is 2. The Hall–Kier alpha value is -1.93. The molecule has 1 heterocycles. The number of carbonyl (C=O) groups is 2. The predicted molar refractivity (Wildman–Crippen MR) is 117 cm³/mol. The van der Waals surface area contributed by atoms with E-state index in [2.05, 4.69) is 15.5 Å². The minimum atomic E-state index is -0.0978. The number of amides is 2. The lowest BCUT2D eigenvalue weighted by Gasteiger charge is -2.22. The summed E-state index contributed by atoms with van der Waals surface area (Å²) >= 11 is 1.62. The van der Waals surface area contributed by atoms with Gasteiger partial charge in [-0.15, -0.1) is 0 Å². The zero-order chi connectivity index (χ0) is 21.2. The molecule has 0 radical (unpaired) electrons. The molecule has 0 saturated carbocycles. The molecule has 2 rings (SSSR count). The lowest BCUT2D eigenvalue weighted by molar-refractivity contribution is -0.125. The Morgan fingerprint density at radius 3 is 2.45 bits per heavy atom. The second-order valence-corrected chi connectivity index (χ2v) is 8.61. The summed E-state index contributed by atoms with van der Waals surface area (Å²) in [5.41, 5.74) is 0.926. The van der Waals surface area contributed by atoms with Crippen LogP contribution in [0.25, 0.3) is 0 Å². The third kappa shape index (κ3) is 7.78. The summed E-state index contributed by atoms with van der Waals surface area (Å²) in [6, 6.07) is 5.67. The van der Waals surface area contributed by atoms with Crippen molar-refractivity contribution < 1.29 is 19.1 Å². The molecule has 29 heavy (non-hydrogen) atoms. The van der Waals surface area contributed by atoms with Gasteiger partial charge in [0.2, 0.25) is 11.8 Å². The molecule has 2 N–H and O–H groups in total. The molecule has 1 aliphatic rings. The van der Waals surface area contributed by atoms with E-state index in [-0.39, 0.29) is 23.8 Å². The molecule has 2 atom stereocenters. The Morgan fingerprint density at radius 1 is 1.14 bits per heavy atom. The lowest BCUT2D eigenvalue weighted by atomic mass is 10.0. The maximum Gasteiger partial charge on any atom is 0.230 e. The topological polar surface area (TPSA) is 79.9 Å². The summed E-state index contributed by atoms with van der Waals surface area (Å²) in [7, 11) is 5.21. The van der Waals surface area contributed by atoms with Gasteiger partial charge >= 0.3 is 0 Å². The van der Waals surface area contributed by atoms with Gasteiger partial charge in [0.25, 0.3) is 0 Å². The second kappa shape index (κ2) is 11.9. The van der Waals surface area contributed by atoms with Gasteiger partial charge in [-0.05, 0) is 43.3 Å². The van der Waals surface area contributed by atoms with E-state index in [0.29, 0.717) is 30.3 Å². The first kappa shape index (κ1) is 23.3. The summed E-state index contributed by atoms with van der Waals surface area (Å²) in [5, 5.41) is 6.14. The van der Waals surface area contributed by atoms with Crippen LogP contribution in [0.4, 0.5) is 0 Å². The number of carbonyl (C=O) groups excluding carboxylic acids is 2. The van der Waals surface area contributed by atoms with Crippen LogP contribution >= 0.6 is 11.8 Å². The van der Waals surface area contributed by atoms with Crippen molar-refractivity contribution in [2.75, 3.05) is 45.9 Å². The van der Waals surface area contributed by atoms with Crippen molar-refractivity contribution in [3.63, 3.8) is 0 Å². The highest BCUT2D eigenvalue weighted by atomic mass is 32.2. The Bertz CT molecular complexity index is 664. The van der Waals surface area contributed by atoms with Gasteiger partial charge in [0, 0.05) is 31.7 Å². The average molecular weight is 424 g/mol. The molecule has 8 heteroatoms. The zero-order valence-electron chi connectivity index (χ0n) is 17.8. The van der Waals surface area contributed by atoms with Gasteiger partial charge in [-0.3, -0.25) is 9.59 Å². The molecule has 2 amide bonds. The molecule has 1 aromatic rings. The number of likely N-dealkylation sites (N-methyl/N-ethyl adjacent to an activating group) is 1. The predicted octanol–water partition coefficient (Wildman–Crippen LogP) is 1.90. The molecule has 0 aliphatic carbocycles. The standard InChI is InChI=1S/C21H33N3O4S/c1-5-29-14-20(25)23-17-7-6-16(12-24(2)13-17)21(26)22-11-15-8-18(27-3)10-19(9-15)28-4/h8-10,16-17H,5-7,11-14H2,1-4H3,(H,22,26)(H,23,25)/t16-,17+/m1/s1. The highest BCUT2D eigenvalue weighted by Crippen LogP contribution is 2.23. The third-order valence-electron chi connectivity index (χ3n) is 4.98. The average Bonchev–Trinajstić information content (AvgIpc) is 2.90. The van der Waals surface area contributed by atoms with Gasteiger partial charge < -0.3 is 25.0 Å². The maximum absolute atomic E-state index is 12.8. The number of likely N-dealkylation sites (tertiary alicyclic amines) is 1. The highest BCUT2D eigenvalue weighted by molar-refractivity contribution is 7.99. The molecule has 0 bridgehead atoms. The monoisotopic (exact) mass is 423 g/mol. The highest BCUT2D eigenvalue weighted by Gasteiger charge is 2.27. The van der Waals surface area contributed by atoms with Gasteiger partial charge in [0.15, 0.2) is 0 Å². The summed E-state index contributed by atoms with van der Waals surface area (Å²) in [5.74, 6) is 2.83. The molecule has 0 aromatic heterocycles. The number of nitrogens with zero attached hydrogens (tertiary/aromatic N) is 1. The van der Waals surface area contributed by atoms with Crippen molar-refractivity contribution in [2.45, 2.75) is 32.4 Å². The van der Waals surface area contributed by atoms with E-state index >= 15 is 0 Å². The summed E-state index contributed by atoms with van der Waals surface area (Å²) in [4.78, 5) is 26.9. The second-order valence-electron chi connectivity index (χ2n) is 7.34.